The van der Waals surface area contributed by atoms with Gasteiger partial charge in [-0.1, -0.05) is 0 Å². The number of carbonyl (C=O) groups is 1. The van der Waals surface area contributed by atoms with Gasteiger partial charge in [0.1, 0.15) is 6.10 Å². The summed E-state index contributed by atoms with van der Waals surface area (Å²) in [7, 11) is 2.16. The Hall–Kier alpha value is -1.42. The lowest BCUT2D eigenvalue weighted by Crippen LogP contribution is -2.53. The van der Waals surface area contributed by atoms with Crippen LogP contribution in [0.25, 0.3) is 0 Å². The van der Waals surface area contributed by atoms with Crippen molar-refractivity contribution < 1.29 is 9.53 Å². The summed E-state index contributed by atoms with van der Waals surface area (Å²) >= 11 is 0. The van der Waals surface area contributed by atoms with Gasteiger partial charge in [-0.25, -0.2) is 4.79 Å². The molecule has 0 radical (unpaired) electrons. The van der Waals surface area contributed by atoms with E-state index in [1.165, 1.54) is 12.8 Å². The summed E-state index contributed by atoms with van der Waals surface area (Å²) < 4.78 is 5.65. The first-order valence-corrected chi connectivity index (χ1v) is 6.55. The van der Waals surface area contributed by atoms with Crippen molar-refractivity contribution in [1.29, 1.82) is 0 Å². The van der Waals surface area contributed by atoms with Crippen molar-refractivity contribution in [2.24, 2.45) is 5.92 Å². The van der Waals surface area contributed by atoms with Crippen molar-refractivity contribution in [3.05, 3.63) is 30.1 Å². The van der Waals surface area contributed by atoms with Crippen LogP contribution in [0.1, 0.15) is 29.6 Å². The lowest BCUT2D eigenvalue weighted by atomic mass is 9.78. The fraction of sp³-hybridized carbons (Fsp3) is 0.571. The zero-order valence-electron chi connectivity index (χ0n) is 10.6. The molecular formula is C14H18N2O2. The van der Waals surface area contributed by atoms with Gasteiger partial charge < -0.3 is 9.64 Å². The number of hydrogen-bond donors (Lipinski definition) is 0. The Morgan fingerprint density at radius 1 is 1.50 bits per heavy atom. The molecule has 4 rings (SSSR count). The van der Waals surface area contributed by atoms with E-state index in [9.17, 15) is 4.79 Å². The highest BCUT2D eigenvalue weighted by Gasteiger charge is 2.40. The Morgan fingerprint density at radius 2 is 2.39 bits per heavy atom. The summed E-state index contributed by atoms with van der Waals surface area (Å²) in [6.07, 6.45) is 6.71. The van der Waals surface area contributed by atoms with Crippen LogP contribution < -0.4 is 0 Å². The second-order valence-corrected chi connectivity index (χ2v) is 5.35. The van der Waals surface area contributed by atoms with Gasteiger partial charge in [-0.05, 0) is 32.0 Å². The lowest BCUT2D eigenvalue weighted by Gasteiger charge is -2.47. The van der Waals surface area contributed by atoms with E-state index in [-0.39, 0.29) is 12.1 Å². The quantitative estimate of drug-likeness (QED) is 0.745. The molecule has 0 unspecified atom stereocenters. The van der Waals surface area contributed by atoms with E-state index in [1.807, 2.05) is 0 Å². The maximum absolute atomic E-state index is 12.0. The van der Waals surface area contributed by atoms with Crippen molar-refractivity contribution >= 4 is 5.97 Å². The smallest absolute Gasteiger partial charge is 0.339 e. The number of esters is 1. The Kier molecular flexibility index (Phi) is 3.04. The number of pyridine rings is 1. The Morgan fingerprint density at radius 3 is 3.00 bits per heavy atom. The zero-order chi connectivity index (χ0) is 12.5. The van der Waals surface area contributed by atoms with Crippen LogP contribution in [0.2, 0.25) is 0 Å². The van der Waals surface area contributed by atoms with E-state index in [4.69, 9.17) is 4.74 Å². The van der Waals surface area contributed by atoms with E-state index < -0.39 is 0 Å². The van der Waals surface area contributed by atoms with Gasteiger partial charge in [-0.3, -0.25) is 4.98 Å². The molecule has 3 fully saturated rings. The molecule has 1 saturated carbocycles. The molecule has 1 aromatic heterocycles. The third kappa shape index (κ3) is 2.12. The molecule has 3 heterocycles. The van der Waals surface area contributed by atoms with E-state index in [0.29, 0.717) is 17.5 Å². The molecular weight excluding hydrogens is 228 g/mol. The molecule has 18 heavy (non-hydrogen) atoms. The van der Waals surface area contributed by atoms with Gasteiger partial charge in [-0.15, -0.1) is 0 Å². The average molecular weight is 246 g/mol. The molecule has 2 bridgehead atoms. The number of rotatable bonds is 2. The third-order valence-corrected chi connectivity index (χ3v) is 4.20. The van der Waals surface area contributed by atoms with E-state index in [2.05, 4.69) is 16.9 Å². The standard InChI is InChI=1S/C14H18N2O2/c1-16-9-11-4-5-12(16)7-13(11)18-14(17)10-3-2-6-15-8-10/h2-3,6,8,11-13H,4-5,7,9H2,1H3/t11-,12-,13+/m1/s1. The normalized spacial score (nSPS) is 31.3. The number of hydrogen-bond acceptors (Lipinski definition) is 4. The fourth-order valence-corrected chi connectivity index (χ4v) is 3.13. The molecule has 1 aliphatic carbocycles. The van der Waals surface area contributed by atoms with Crippen molar-refractivity contribution in [3.63, 3.8) is 0 Å². The van der Waals surface area contributed by atoms with Crippen molar-refractivity contribution in [2.45, 2.75) is 31.4 Å². The monoisotopic (exact) mass is 246 g/mol. The second-order valence-electron chi connectivity index (χ2n) is 5.35. The molecule has 3 aliphatic rings. The predicted molar refractivity (Wildman–Crippen MR) is 67.2 cm³/mol. The van der Waals surface area contributed by atoms with Crippen LogP contribution in [-0.4, -0.2) is 41.6 Å². The van der Waals surface area contributed by atoms with Gasteiger partial charge >= 0.3 is 5.97 Å². The average Bonchev–Trinajstić information content (AvgIpc) is 2.41. The minimum Gasteiger partial charge on any atom is -0.458 e. The topological polar surface area (TPSA) is 42.4 Å². The minimum absolute atomic E-state index is 0.0904. The molecule has 0 amide bonds. The largest absolute Gasteiger partial charge is 0.458 e. The highest BCUT2D eigenvalue weighted by molar-refractivity contribution is 5.89. The number of nitrogens with zero attached hydrogens (tertiary/aromatic N) is 2. The molecule has 1 aromatic rings. The Bertz CT molecular complexity index is 435. The van der Waals surface area contributed by atoms with Gasteiger partial charge in [0, 0.05) is 37.3 Å². The van der Waals surface area contributed by atoms with E-state index in [1.54, 1.807) is 24.5 Å². The molecule has 4 nitrogen and oxygen atoms in total. The maximum atomic E-state index is 12.0. The van der Waals surface area contributed by atoms with Crippen LogP contribution in [0.15, 0.2) is 24.5 Å². The molecule has 0 N–H and O–H groups in total. The van der Waals surface area contributed by atoms with Crippen molar-refractivity contribution in [3.8, 4) is 0 Å². The summed E-state index contributed by atoms with van der Waals surface area (Å²) in [6, 6.07) is 4.10. The van der Waals surface area contributed by atoms with Crippen molar-refractivity contribution in [1.82, 2.24) is 9.88 Å². The van der Waals surface area contributed by atoms with Crippen LogP contribution in [0, 0.1) is 5.92 Å². The molecule has 2 saturated heterocycles. The van der Waals surface area contributed by atoms with Crippen LogP contribution in [0.4, 0.5) is 0 Å². The van der Waals surface area contributed by atoms with Gasteiger partial charge in [0.05, 0.1) is 5.56 Å². The number of ether oxygens (including phenoxy) is 1. The second kappa shape index (κ2) is 4.69. The van der Waals surface area contributed by atoms with Gasteiger partial charge in [0.2, 0.25) is 0 Å². The lowest BCUT2D eigenvalue weighted by molar-refractivity contribution is -0.0558. The molecule has 0 spiro atoms. The van der Waals surface area contributed by atoms with Gasteiger partial charge in [0.25, 0.3) is 0 Å². The molecule has 2 aliphatic heterocycles. The summed E-state index contributed by atoms with van der Waals surface area (Å²) in [6.45, 7) is 1.05. The number of fused-ring (bicyclic) bond motifs is 3. The SMILES string of the molecule is CN1C[C@H]2CC[C@@H]1C[C@@H]2OC(=O)c1cccnc1. The van der Waals surface area contributed by atoms with Crippen LogP contribution >= 0.6 is 0 Å². The first-order valence-electron chi connectivity index (χ1n) is 6.55. The van der Waals surface area contributed by atoms with E-state index in [0.717, 1.165) is 13.0 Å². The predicted octanol–water partition coefficient (Wildman–Crippen LogP) is 1.72. The van der Waals surface area contributed by atoms with E-state index >= 15 is 0 Å². The molecule has 4 heteroatoms. The first kappa shape index (κ1) is 11.7. The number of carbonyl (C=O) groups excluding carboxylic acids is 1. The van der Waals surface area contributed by atoms with Crippen LogP contribution in [0.3, 0.4) is 0 Å². The first-order chi connectivity index (χ1) is 8.74. The molecule has 3 atom stereocenters. The summed E-state index contributed by atoms with van der Waals surface area (Å²) in [5.74, 6) is 0.268. The van der Waals surface area contributed by atoms with Crippen molar-refractivity contribution in [2.75, 3.05) is 13.6 Å². The summed E-state index contributed by atoms with van der Waals surface area (Å²) in [4.78, 5) is 18.3. The highest BCUT2D eigenvalue weighted by Crippen LogP contribution is 2.36. The number of piperidine rings is 2. The third-order valence-electron chi connectivity index (χ3n) is 4.20. The van der Waals surface area contributed by atoms with Gasteiger partial charge in [0.15, 0.2) is 0 Å². The highest BCUT2D eigenvalue weighted by atomic mass is 16.5. The van der Waals surface area contributed by atoms with Crippen LogP contribution in [0.5, 0.6) is 0 Å². The summed E-state index contributed by atoms with van der Waals surface area (Å²) in [5.41, 5.74) is 0.548. The number of aromatic nitrogens is 1. The summed E-state index contributed by atoms with van der Waals surface area (Å²) in [5, 5.41) is 0. The minimum atomic E-state index is -0.233. The Labute approximate surface area is 107 Å². The molecule has 96 valence electrons. The van der Waals surface area contributed by atoms with Gasteiger partial charge in [-0.2, -0.15) is 0 Å². The maximum Gasteiger partial charge on any atom is 0.339 e. The zero-order valence-corrected chi connectivity index (χ0v) is 10.6. The van der Waals surface area contributed by atoms with Crippen LogP contribution in [-0.2, 0) is 4.74 Å². The fourth-order valence-electron chi connectivity index (χ4n) is 3.13. The molecule has 0 aromatic carbocycles. The Balaban J connectivity index is 1.66.